The average molecular weight is 306 g/mol. The SMILES string of the molecule is C=C[C@]1(C)CC[C@@H]2[C@@]3(C)CCC[C@@H](C(=O)O)[C@@H]3CC[C@@]2(C)O1. The van der Waals surface area contributed by atoms with Crippen LogP contribution in [-0.2, 0) is 9.53 Å². The number of carboxylic acid groups (broad SMARTS) is 1. The van der Waals surface area contributed by atoms with Gasteiger partial charge in [0.1, 0.15) is 0 Å². The fourth-order valence-electron chi connectivity index (χ4n) is 6.04. The molecule has 0 radical (unpaired) electrons. The van der Waals surface area contributed by atoms with Crippen LogP contribution < -0.4 is 0 Å². The van der Waals surface area contributed by atoms with Gasteiger partial charge in [-0.15, -0.1) is 6.58 Å². The summed E-state index contributed by atoms with van der Waals surface area (Å²) in [7, 11) is 0. The van der Waals surface area contributed by atoms with E-state index in [0.29, 0.717) is 11.8 Å². The number of rotatable bonds is 2. The molecule has 3 aliphatic rings. The predicted octanol–water partition coefficient (Wildman–Crippen LogP) is 4.42. The molecule has 22 heavy (non-hydrogen) atoms. The van der Waals surface area contributed by atoms with Crippen LogP contribution in [0.3, 0.4) is 0 Å². The van der Waals surface area contributed by atoms with Crippen LogP contribution >= 0.6 is 0 Å². The Balaban J connectivity index is 1.92. The molecule has 3 rings (SSSR count). The molecule has 6 atom stereocenters. The maximum absolute atomic E-state index is 11.7. The zero-order valence-corrected chi connectivity index (χ0v) is 14.2. The standard InChI is InChI=1S/C19H30O3/c1-5-17(2)11-9-15-18(3)10-6-7-13(16(20)21)14(18)8-12-19(15,4)22-17/h5,13-15H,1,6-12H2,2-4H3,(H,20,21)/t13-,14+,15-,17-,18+,19-/m1/s1. The molecule has 0 amide bonds. The molecule has 0 bridgehead atoms. The highest BCUT2D eigenvalue weighted by molar-refractivity contribution is 5.70. The maximum atomic E-state index is 11.7. The fraction of sp³-hybridized carbons (Fsp3) is 0.842. The second-order valence-electron chi connectivity index (χ2n) is 8.51. The third-order valence-corrected chi connectivity index (χ3v) is 7.19. The molecule has 0 unspecified atom stereocenters. The number of fused-ring (bicyclic) bond motifs is 3. The molecule has 1 heterocycles. The van der Waals surface area contributed by atoms with Crippen LogP contribution in [0.1, 0.15) is 65.7 Å². The van der Waals surface area contributed by atoms with Gasteiger partial charge in [-0.2, -0.15) is 0 Å². The lowest BCUT2D eigenvalue weighted by molar-refractivity contribution is -0.247. The summed E-state index contributed by atoms with van der Waals surface area (Å²) in [5.74, 6) is 0.0330. The Morgan fingerprint density at radius 3 is 2.55 bits per heavy atom. The van der Waals surface area contributed by atoms with Gasteiger partial charge >= 0.3 is 5.97 Å². The lowest BCUT2D eigenvalue weighted by Gasteiger charge is -2.63. The molecule has 0 spiro atoms. The lowest BCUT2D eigenvalue weighted by atomic mass is 9.47. The number of hydrogen-bond acceptors (Lipinski definition) is 2. The summed E-state index contributed by atoms with van der Waals surface area (Å²) in [4.78, 5) is 11.7. The Bertz CT molecular complexity index is 487. The van der Waals surface area contributed by atoms with Gasteiger partial charge in [-0.25, -0.2) is 0 Å². The predicted molar refractivity (Wildman–Crippen MR) is 86.6 cm³/mol. The van der Waals surface area contributed by atoms with Crippen molar-refractivity contribution in [1.29, 1.82) is 0 Å². The first-order valence-corrected chi connectivity index (χ1v) is 8.81. The molecule has 1 aliphatic heterocycles. The van der Waals surface area contributed by atoms with Crippen molar-refractivity contribution in [3.8, 4) is 0 Å². The number of ether oxygens (including phenoxy) is 1. The monoisotopic (exact) mass is 306 g/mol. The van der Waals surface area contributed by atoms with Crippen LogP contribution in [0.5, 0.6) is 0 Å². The summed E-state index contributed by atoms with van der Waals surface area (Å²) >= 11 is 0. The summed E-state index contributed by atoms with van der Waals surface area (Å²) in [5, 5.41) is 9.63. The zero-order valence-electron chi connectivity index (χ0n) is 14.2. The zero-order chi connectivity index (χ0) is 16.2. The number of carboxylic acids is 1. The quantitative estimate of drug-likeness (QED) is 0.768. The van der Waals surface area contributed by atoms with Crippen LogP contribution in [0.2, 0.25) is 0 Å². The normalized spacial score (nSPS) is 51.5. The molecule has 0 aromatic rings. The molecule has 1 saturated heterocycles. The van der Waals surface area contributed by atoms with E-state index in [0.717, 1.165) is 44.9 Å². The molecular formula is C19H30O3. The van der Waals surface area contributed by atoms with Gasteiger partial charge in [0.2, 0.25) is 0 Å². The summed E-state index contributed by atoms with van der Waals surface area (Å²) in [6, 6.07) is 0. The van der Waals surface area contributed by atoms with E-state index >= 15 is 0 Å². The lowest BCUT2D eigenvalue weighted by Crippen LogP contribution is -2.61. The van der Waals surface area contributed by atoms with Gasteiger partial charge in [0.25, 0.3) is 0 Å². The van der Waals surface area contributed by atoms with Crippen LogP contribution in [0.4, 0.5) is 0 Å². The first-order valence-electron chi connectivity index (χ1n) is 8.81. The van der Waals surface area contributed by atoms with Crippen molar-refractivity contribution in [3.63, 3.8) is 0 Å². The topological polar surface area (TPSA) is 46.5 Å². The summed E-state index contributed by atoms with van der Waals surface area (Å²) < 4.78 is 6.56. The Kier molecular flexibility index (Phi) is 3.71. The van der Waals surface area contributed by atoms with Crippen LogP contribution in [0, 0.1) is 23.2 Å². The second-order valence-corrected chi connectivity index (χ2v) is 8.51. The minimum atomic E-state index is -0.591. The van der Waals surface area contributed by atoms with Crippen molar-refractivity contribution in [3.05, 3.63) is 12.7 Å². The van der Waals surface area contributed by atoms with E-state index in [1.165, 1.54) is 0 Å². The largest absolute Gasteiger partial charge is 0.481 e. The Morgan fingerprint density at radius 1 is 1.18 bits per heavy atom. The maximum Gasteiger partial charge on any atom is 0.306 e. The third-order valence-electron chi connectivity index (χ3n) is 7.19. The molecule has 2 aliphatic carbocycles. The molecule has 124 valence electrons. The summed E-state index contributed by atoms with van der Waals surface area (Å²) in [5.41, 5.74) is -0.251. The smallest absolute Gasteiger partial charge is 0.306 e. The molecule has 3 nitrogen and oxygen atoms in total. The van der Waals surface area contributed by atoms with E-state index < -0.39 is 5.97 Å². The van der Waals surface area contributed by atoms with Gasteiger partial charge in [-0.1, -0.05) is 19.4 Å². The summed E-state index contributed by atoms with van der Waals surface area (Å²) in [6.45, 7) is 10.7. The van der Waals surface area contributed by atoms with Gasteiger partial charge in [0, 0.05) is 0 Å². The van der Waals surface area contributed by atoms with Crippen LogP contribution in [-0.4, -0.2) is 22.3 Å². The van der Waals surface area contributed by atoms with Gasteiger partial charge < -0.3 is 9.84 Å². The van der Waals surface area contributed by atoms with Crippen molar-refractivity contribution < 1.29 is 14.6 Å². The van der Waals surface area contributed by atoms with Crippen LogP contribution in [0.15, 0.2) is 12.7 Å². The van der Waals surface area contributed by atoms with E-state index in [1.807, 2.05) is 6.08 Å². The number of aliphatic carboxylic acids is 1. The van der Waals surface area contributed by atoms with Crippen LogP contribution in [0.25, 0.3) is 0 Å². The van der Waals surface area contributed by atoms with Crippen molar-refractivity contribution in [2.24, 2.45) is 23.2 Å². The Labute approximate surface area is 134 Å². The van der Waals surface area contributed by atoms with Crippen molar-refractivity contribution in [2.45, 2.75) is 76.9 Å². The van der Waals surface area contributed by atoms with Crippen molar-refractivity contribution >= 4 is 5.97 Å². The van der Waals surface area contributed by atoms with E-state index in [-0.39, 0.29) is 22.5 Å². The molecule has 2 saturated carbocycles. The van der Waals surface area contributed by atoms with E-state index in [1.54, 1.807) is 0 Å². The van der Waals surface area contributed by atoms with Gasteiger partial charge in [-0.05, 0) is 69.6 Å². The minimum absolute atomic E-state index is 0.108. The van der Waals surface area contributed by atoms with Gasteiger partial charge in [0.15, 0.2) is 0 Å². The average Bonchev–Trinajstić information content (AvgIpc) is 2.44. The molecular weight excluding hydrogens is 276 g/mol. The fourth-order valence-corrected chi connectivity index (χ4v) is 6.04. The Hall–Kier alpha value is -0.830. The number of carbonyl (C=O) groups is 1. The molecule has 3 fully saturated rings. The van der Waals surface area contributed by atoms with E-state index in [2.05, 4.69) is 27.4 Å². The van der Waals surface area contributed by atoms with E-state index in [9.17, 15) is 9.90 Å². The van der Waals surface area contributed by atoms with E-state index in [4.69, 9.17) is 4.74 Å². The molecule has 0 aromatic carbocycles. The van der Waals surface area contributed by atoms with Gasteiger partial charge in [0.05, 0.1) is 17.1 Å². The minimum Gasteiger partial charge on any atom is -0.481 e. The molecule has 3 heteroatoms. The summed E-state index contributed by atoms with van der Waals surface area (Å²) in [6.07, 6.45) is 9.06. The van der Waals surface area contributed by atoms with Crippen molar-refractivity contribution in [2.75, 3.05) is 0 Å². The first kappa shape index (κ1) is 16.0. The third kappa shape index (κ3) is 2.24. The molecule has 1 N–H and O–H groups in total. The van der Waals surface area contributed by atoms with Crippen molar-refractivity contribution in [1.82, 2.24) is 0 Å². The molecule has 0 aromatic heterocycles. The number of hydrogen-bond donors (Lipinski definition) is 1. The first-order chi connectivity index (χ1) is 10.2. The highest BCUT2D eigenvalue weighted by Crippen LogP contribution is 2.62. The second kappa shape index (κ2) is 5.09. The Morgan fingerprint density at radius 2 is 1.91 bits per heavy atom. The van der Waals surface area contributed by atoms with Gasteiger partial charge in [-0.3, -0.25) is 4.79 Å². The highest BCUT2D eigenvalue weighted by Gasteiger charge is 2.60. The highest BCUT2D eigenvalue weighted by atomic mass is 16.5.